The molecule has 3 fully saturated rings. The lowest BCUT2D eigenvalue weighted by molar-refractivity contribution is -0.0127. The van der Waals surface area contributed by atoms with Crippen molar-refractivity contribution in [3.05, 3.63) is 0 Å². The van der Waals surface area contributed by atoms with Crippen molar-refractivity contribution in [1.82, 2.24) is 9.80 Å². The van der Waals surface area contributed by atoms with Crippen LogP contribution in [0.5, 0.6) is 0 Å². The van der Waals surface area contributed by atoms with E-state index in [1.807, 2.05) is 6.92 Å². The Balaban J connectivity index is 1.85. The molecule has 2 N–H and O–H groups in total. The fourth-order valence-electron chi connectivity index (χ4n) is 2.43. The summed E-state index contributed by atoms with van der Waals surface area (Å²) in [6, 6.07) is 0.696. The summed E-state index contributed by atoms with van der Waals surface area (Å²) in [5, 5.41) is 0. The summed E-state index contributed by atoms with van der Waals surface area (Å²) in [6.45, 7) is 9.43. The molecule has 0 saturated carbocycles. The molecule has 2 unspecified atom stereocenters. The Morgan fingerprint density at radius 3 is 2.57 bits per heavy atom. The van der Waals surface area contributed by atoms with Crippen LogP contribution in [0.4, 0.5) is 0 Å². The number of fused-ring (bicyclic) bond motifs is 3. The van der Waals surface area contributed by atoms with Crippen LogP contribution >= 0.6 is 0 Å². The smallest absolute Gasteiger partial charge is 0.0633 e. The number of hydrogen-bond donors (Lipinski definition) is 1. The van der Waals surface area contributed by atoms with Gasteiger partial charge in [-0.25, -0.2) is 0 Å². The summed E-state index contributed by atoms with van der Waals surface area (Å²) < 4.78 is 5.39. The molecule has 4 heteroatoms. The molecule has 14 heavy (non-hydrogen) atoms. The summed E-state index contributed by atoms with van der Waals surface area (Å²) in [7, 11) is 0. The number of piperazine rings is 3. The van der Waals surface area contributed by atoms with E-state index in [2.05, 4.69) is 9.80 Å². The van der Waals surface area contributed by atoms with Crippen LogP contribution in [0.15, 0.2) is 0 Å². The molecule has 0 aliphatic carbocycles. The van der Waals surface area contributed by atoms with E-state index in [9.17, 15) is 0 Å². The molecule has 2 atom stereocenters. The quantitative estimate of drug-likeness (QED) is 0.653. The van der Waals surface area contributed by atoms with Crippen molar-refractivity contribution in [2.45, 2.75) is 19.0 Å². The summed E-state index contributed by atoms with van der Waals surface area (Å²) in [4.78, 5) is 5.03. The van der Waals surface area contributed by atoms with Crippen LogP contribution in [0.3, 0.4) is 0 Å². The van der Waals surface area contributed by atoms with Crippen molar-refractivity contribution >= 4 is 0 Å². The molecule has 3 heterocycles. The van der Waals surface area contributed by atoms with Crippen molar-refractivity contribution in [3.63, 3.8) is 0 Å². The highest BCUT2D eigenvalue weighted by atomic mass is 16.5. The minimum atomic E-state index is 0.179. The molecule has 3 rings (SSSR count). The second-order valence-electron chi connectivity index (χ2n) is 4.23. The molecular weight excluding hydrogens is 178 g/mol. The first-order chi connectivity index (χ1) is 6.81. The Morgan fingerprint density at radius 1 is 1.36 bits per heavy atom. The lowest BCUT2D eigenvalue weighted by Gasteiger charge is -2.49. The lowest BCUT2D eigenvalue weighted by Crippen LogP contribution is -2.66. The van der Waals surface area contributed by atoms with Gasteiger partial charge in [0, 0.05) is 51.4 Å². The fourth-order valence-corrected chi connectivity index (χ4v) is 2.43. The molecule has 0 aromatic rings. The first kappa shape index (κ1) is 10.4. The molecule has 0 amide bonds. The summed E-state index contributed by atoms with van der Waals surface area (Å²) in [5.41, 5.74) is 6.13. The van der Waals surface area contributed by atoms with Crippen LogP contribution in [0, 0.1) is 0 Å². The van der Waals surface area contributed by atoms with E-state index in [0.717, 1.165) is 13.2 Å². The van der Waals surface area contributed by atoms with Crippen molar-refractivity contribution in [2.75, 3.05) is 45.9 Å². The third-order valence-electron chi connectivity index (χ3n) is 3.33. The maximum Gasteiger partial charge on any atom is 0.0633 e. The zero-order valence-electron chi connectivity index (χ0n) is 8.98. The van der Waals surface area contributed by atoms with Gasteiger partial charge in [-0.05, 0) is 6.92 Å². The normalized spacial score (nSPS) is 38.6. The molecule has 3 aliphatic rings. The van der Waals surface area contributed by atoms with Gasteiger partial charge in [-0.3, -0.25) is 9.80 Å². The monoisotopic (exact) mass is 199 g/mol. The van der Waals surface area contributed by atoms with Gasteiger partial charge >= 0.3 is 0 Å². The number of nitrogens with zero attached hydrogens (tertiary/aromatic N) is 2. The van der Waals surface area contributed by atoms with E-state index in [0.29, 0.717) is 12.6 Å². The lowest BCUT2D eigenvalue weighted by atomic mass is 10.0. The molecule has 0 radical (unpaired) electrons. The average molecular weight is 199 g/mol. The zero-order valence-corrected chi connectivity index (χ0v) is 8.98. The van der Waals surface area contributed by atoms with Crippen LogP contribution in [-0.2, 0) is 4.74 Å². The molecule has 2 bridgehead atoms. The summed E-state index contributed by atoms with van der Waals surface area (Å²) in [5.74, 6) is 0. The number of hydrogen-bond acceptors (Lipinski definition) is 4. The summed E-state index contributed by atoms with van der Waals surface area (Å²) >= 11 is 0. The molecular formula is C10H21N3O. The molecule has 82 valence electrons. The second-order valence-corrected chi connectivity index (χ2v) is 4.23. The maximum atomic E-state index is 6.13. The number of rotatable bonds is 4. The van der Waals surface area contributed by atoms with Crippen molar-refractivity contribution in [3.8, 4) is 0 Å². The van der Waals surface area contributed by atoms with E-state index in [-0.39, 0.29) is 6.04 Å². The van der Waals surface area contributed by atoms with E-state index in [1.165, 1.54) is 26.2 Å². The second kappa shape index (κ2) is 4.57. The topological polar surface area (TPSA) is 41.7 Å². The Morgan fingerprint density at radius 2 is 2.07 bits per heavy atom. The van der Waals surface area contributed by atoms with Crippen molar-refractivity contribution in [1.29, 1.82) is 0 Å². The zero-order chi connectivity index (χ0) is 9.97. The van der Waals surface area contributed by atoms with Crippen LogP contribution in [-0.4, -0.2) is 67.8 Å². The van der Waals surface area contributed by atoms with E-state index in [4.69, 9.17) is 10.5 Å². The predicted octanol–water partition coefficient (Wildman–Crippen LogP) is -0.650. The van der Waals surface area contributed by atoms with E-state index >= 15 is 0 Å². The van der Waals surface area contributed by atoms with E-state index in [1.54, 1.807) is 0 Å². The largest absolute Gasteiger partial charge is 0.380 e. The summed E-state index contributed by atoms with van der Waals surface area (Å²) in [6.07, 6.45) is 0. The molecule has 0 aromatic carbocycles. The van der Waals surface area contributed by atoms with Gasteiger partial charge in [0.2, 0.25) is 0 Å². The van der Waals surface area contributed by atoms with Gasteiger partial charge in [-0.2, -0.15) is 0 Å². The Bertz CT molecular complexity index is 180. The van der Waals surface area contributed by atoms with Gasteiger partial charge in [0.25, 0.3) is 0 Å². The van der Waals surface area contributed by atoms with Crippen molar-refractivity contribution in [2.24, 2.45) is 5.73 Å². The minimum Gasteiger partial charge on any atom is -0.380 e. The fraction of sp³-hybridized carbons (Fsp3) is 1.00. The average Bonchev–Trinajstić information content (AvgIpc) is 2.27. The number of nitrogens with two attached hydrogens (primary N) is 1. The SMILES string of the molecule is CCOCC(N)C1CN2CCN1CC2. The van der Waals surface area contributed by atoms with E-state index < -0.39 is 0 Å². The first-order valence-electron chi connectivity index (χ1n) is 5.61. The third kappa shape index (κ3) is 2.08. The third-order valence-corrected chi connectivity index (χ3v) is 3.33. The Hall–Kier alpha value is -0.160. The van der Waals surface area contributed by atoms with Gasteiger partial charge in [-0.1, -0.05) is 0 Å². The Labute approximate surface area is 86.0 Å². The van der Waals surface area contributed by atoms with Crippen LogP contribution in [0.1, 0.15) is 6.92 Å². The molecule has 3 aliphatic heterocycles. The standard InChI is InChI=1S/C10H21N3O/c1-2-14-8-9(11)10-7-12-3-5-13(10)6-4-12/h9-10H,2-8,11H2,1H3. The number of ether oxygens (including phenoxy) is 1. The Kier molecular flexibility index (Phi) is 3.38. The van der Waals surface area contributed by atoms with Crippen LogP contribution < -0.4 is 5.73 Å². The van der Waals surface area contributed by atoms with Gasteiger partial charge in [-0.15, -0.1) is 0 Å². The maximum absolute atomic E-state index is 6.13. The minimum absolute atomic E-state index is 0.179. The highest BCUT2D eigenvalue weighted by Gasteiger charge is 2.35. The molecule has 3 saturated heterocycles. The highest BCUT2D eigenvalue weighted by molar-refractivity contribution is 4.93. The van der Waals surface area contributed by atoms with Gasteiger partial charge in [0.05, 0.1) is 6.61 Å². The van der Waals surface area contributed by atoms with Gasteiger partial charge in [0.15, 0.2) is 0 Å². The first-order valence-corrected chi connectivity index (χ1v) is 5.61. The molecule has 0 spiro atoms. The van der Waals surface area contributed by atoms with Gasteiger partial charge in [0.1, 0.15) is 0 Å². The molecule has 4 nitrogen and oxygen atoms in total. The van der Waals surface area contributed by atoms with Crippen LogP contribution in [0.2, 0.25) is 0 Å². The van der Waals surface area contributed by atoms with Crippen molar-refractivity contribution < 1.29 is 4.74 Å². The van der Waals surface area contributed by atoms with Crippen LogP contribution in [0.25, 0.3) is 0 Å². The molecule has 0 aromatic heterocycles. The predicted molar refractivity (Wildman–Crippen MR) is 56.3 cm³/mol. The van der Waals surface area contributed by atoms with Gasteiger partial charge < -0.3 is 10.5 Å². The highest BCUT2D eigenvalue weighted by Crippen LogP contribution is 2.17.